The molecule has 5 nitrogen and oxygen atoms in total. The van der Waals surface area contributed by atoms with E-state index in [4.69, 9.17) is 26.1 Å². The van der Waals surface area contributed by atoms with Crippen LogP contribution in [0.3, 0.4) is 0 Å². The quantitative estimate of drug-likeness (QED) is 0.558. The van der Waals surface area contributed by atoms with Crippen molar-refractivity contribution in [1.29, 1.82) is 0 Å². The third-order valence-corrected chi connectivity index (χ3v) is 6.43. The van der Waals surface area contributed by atoms with Crippen LogP contribution in [0.1, 0.15) is 43.2 Å². The smallest absolute Gasteiger partial charge is 0.336 e. The molecular formula is C26H26ClNO4. The highest BCUT2D eigenvalue weighted by atomic mass is 35.5. The SMILES string of the molecule is CCOC(=O)C1=C([C@@H]2C[C@H]2c2ccccc2)N=C(C)C(C(=O)OC)C1c1cccc(Cl)c1. The minimum atomic E-state index is -0.726. The number of carbonyl (C=O) groups is 2. The number of ether oxygens (including phenoxy) is 2. The van der Waals surface area contributed by atoms with Crippen molar-refractivity contribution in [3.8, 4) is 0 Å². The molecule has 0 bridgehead atoms. The van der Waals surface area contributed by atoms with Crippen molar-refractivity contribution in [3.63, 3.8) is 0 Å². The van der Waals surface area contributed by atoms with Gasteiger partial charge in [0, 0.05) is 22.6 Å². The zero-order chi connectivity index (χ0) is 22.8. The highest BCUT2D eigenvalue weighted by molar-refractivity contribution is 6.30. The molecule has 1 aliphatic heterocycles. The van der Waals surface area contributed by atoms with Gasteiger partial charge in [-0.05, 0) is 49.4 Å². The lowest BCUT2D eigenvalue weighted by molar-refractivity contribution is -0.144. The number of aliphatic imine (C=N–C) groups is 1. The van der Waals surface area contributed by atoms with Crippen molar-refractivity contribution in [2.75, 3.05) is 13.7 Å². The van der Waals surface area contributed by atoms with Crippen molar-refractivity contribution >= 4 is 29.3 Å². The number of hydrogen-bond acceptors (Lipinski definition) is 5. The highest BCUT2D eigenvalue weighted by Gasteiger charge is 2.49. The number of carbonyl (C=O) groups excluding carboxylic acids is 2. The summed E-state index contributed by atoms with van der Waals surface area (Å²) in [7, 11) is 1.35. The Morgan fingerprint density at radius 2 is 1.78 bits per heavy atom. The number of halogens is 1. The first-order chi connectivity index (χ1) is 15.5. The van der Waals surface area contributed by atoms with Gasteiger partial charge in [0.15, 0.2) is 0 Å². The van der Waals surface area contributed by atoms with E-state index >= 15 is 0 Å². The van der Waals surface area contributed by atoms with Gasteiger partial charge in [0.05, 0.1) is 25.0 Å². The summed E-state index contributed by atoms with van der Waals surface area (Å²) in [5.74, 6) is -1.82. The molecule has 0 N–H and O–H groups in total. The molecule has 0 amide bonds. The molecule has 1 heterocycles. The summed E-state index contributed by atoms with van der Waals surface area (Å²) in [6, 6.07) is 17.5. The fourth-order valence-corrected chi connectivity index (χ4v) is 4.87. The van der Waals surface area contributed by atoms with Crippen molar-refractivity contribution in [2.24, 2.45) is 16.8 Å². The third kappa shape index (κ3) is 4.22. The van der Waals surface area contributed by atoms with Gasteiger partial charge in [-0.15, -0.1) is 0 Å². The number of rotatable bonds is 6. The number of hydrogen-bond donors (Lipinski definition) is 0. The van der Waals surface area contributed by atoms with E-state index < -0.39 is 23.8 Å². The van der Waals surface area contributed by atoms with E-state index in [0.29, 0.717) is 22.0 Å². The molecule has 1 saturated carbocycles. The molecule has 2 aromatic carbocycles. The Labute approximate surface area is 193 Å². The van der Waals surface area contributed by atoms with E-state index in [1.54, 1.807) is 19.1 Å². The molecule has 0 radical (unpaired) electrons. The molecule has 0 spiro atoms. The van der Waals surface area contributed by atoms with Crippen LogP contribution < -0.4 is 0 Å². The average molecular weight is 452 g/mol. The Bertz CT molecular complexity index is 1090. The van der Waals surface area contributed by atoms with Gasteiger partial charge in [-0.2, -0.15) is 0 Å². The average Bonchev–Trinajstić information content (AvgIpc) is 3.59. The van der Waals surface area contributed by atoms with Crippen LogP contribution in [-0.4, -0.2) is 31.4 Å². The van der Waals surface area contributed by atoms with Crippen LogP contribution in [0.4, 0.5) is 0 Å². The molecular weight excluding hydrogens is 426 g/mol. The van der Waals surface area contributed by atoms with Gasteiger partial charge in [-0.1, -0.05) is 54.1 Å². The van der Waals surface area contributed by atoms with E-state index in [1.807, 2.05) is 37.3 Å². The molecule has 2 aliphatic rings. The predicted molar refractivity (Wildman–Crippen MR) is 124 cm³/mol. The van der Waals surface area contributed by atoms with Gasteiger partial charge in [0.2, 0.25) is 0 Å². The predicted octanol–water partition coefficient (Wildman–Crippen LogP) is 5.31. The number of allylic oxidation sites excluding steroid dienone is 1. The molecule has 2 unspecified atom stereocenters. The number of esters is 2. The Balaban J connectivity index is 1.87. The van der Waals surface area contributed by atoms with Gasteiger partial charge < -0.3 is 9.47 Å². The minimum absolute atomic E-state index is 0.0898. The normalized spacial score (nSPS) is 24.6. The summed E-state index contributed by atoms with van der Waals surface area (Å²) < 4.78 is 10.6. The number of benzene rings is 2. The van der Waals surface area contributed by atoms with Crippen molar-refractivity contribution < 1.29 is 19.1 Å². The Kier molecular flexibility index (Phi) is 6.47. The van der Waals surface area contributed by atoms with Gasteiger partial charge in [0.25, 0.3) is 0 Å². The Morgan fingerprint density at radius 1 is 1.06 bits per heavy atom. The summed E-state index contributed by atoms with van der Waals surface area (Å²) in [5, 5.41) is 0.532. The van der Waals surface area contributed by atoms with E-state index in [1.165, 1.54) is 12.7 Å². The van der Waals surface area contributed by atoms with Gasteiger partial charge in [-0.25, -0.2) is 4.79 Å². The first kappa shape index (κ1) is 22.3. The third-order valence-electron chi connectivity index (χ3n) is 6.19. The van der Waals surface area contributed by atoms with Crippen LogP contribution in [0.25, 0.3) is 0 Å². The summed E-state index contributed by atoms with van der Waals surface area (Å²) in [6.07, 6.45) is 0.893. The largest absolute Gasteiger partial charge is 0.468 e. The fraction of sp³-hybridized carbons (Fsp3) is 0.346. The molecule has 2 aromatic rings. The molecule has 0 aromatic heterocycles. The van der Waals surface area contributed by atoms with E-state index in [2.05, 4.69) is 12.1 Å². The summed E-state index contributed by atoms with van der Waals surface area (Å²) in [4.78, 5) is 30.9. The zero-order valence-electron chi connectivity index (χ0n) is 18.4. The maximum atomic E-state index is 13.3. The maximum Gasteiger partial charge on any atom is 0.336 e. The highest BCUT2D eigenvalue weighted by Crippen LogP contribution is 2.56. The zero-order valence-corrected chi connectivity index (χ0v) is 19.1. The van der Waals surface area contributed by atoms with E-state index in [9.17, 15) is 9.59 Å². The molecule has 4 rings (SSSR count). The summed E-state index contributed by atoms with van der Waals surface area (Å²) in [6.45, 7) is 3.82. The standard InChI is InChI=1S/C26H26ClNO4/c1-4-32-26(30)23-22(17-11-8-12-18(27)13-17)21(25(29)31-3)15(2)28-24(23)20-14-19(20)16-9-6-5-7-10-16/h5-13,19-22H,4,14H2,1-3H3/t19-,20+,21?,22?/m0/s1. The lowest BCUT2D eigenvalue weighted by Gasteiger charge is -2.32. The van der Waals surface area contributed by atoms with Gasteiger partial charge in [-0.3, -0.25) is 9.79 Å². The summed E-state index contributed by atoms with van der Waals surface area (Å²) >= 11 is 6.29. The molecule has 166 valence electrons. The first-order valence-electron chi connectivity index (χ1n) is 10.8. The second-order valence-corrected chi connectivity index (χ2v) is 8.60. The maximum absolute atomic E-state index is 13.3. The molecule has 4 atom stereocenters. The lowest BCUT2D eigenvalue weighted by Crippen LogP contribution is -2.36. The molecule has 0 saturated heterocycles. The van der Waals surface area contributed by atoms with Crippen LogP contribution in [0.5, 0.6) is 0 Å². The van der Waals surface area contributed by atoms with Crippen LogP contribution in [0, 0.1) is 11.8 Å². The van der Waals surface area contributed by atoms with Gasteiger partial charge >= 0.3 is 11.9 Å². The molecule has 1 fully saturated rings. The topological polar surface area (TPSA) is 65.0 Å². The number of nitrogens with zero attached hydrogens (tertiary/aromatic N) is 1. The molecule has 1 aliphatic carbocycles. The van der Waals surface area contributed by atoms with E-state index in [-0.39, 0.29) is 18.4 Å². The van der Waals surface area contributed by atoms with Crippen molar-refractivity contribution in [2.45, 2.75) is 32.1 Å². The minimum Gasteiger partial charge on any atom is -0.468 e. The Hall–Kier alpha value is -2.92. The van der Waals surface area contributed by atoms with Crippen LogP contribution >= 0.6 is 11.6 Å². The number of methoxy groups -OCH3 is 1. The Morgan fingerprint density at radius 3 is 2.44 bits per heavy atom. The van der Waals surface area contributed by atoms with Crippen LogP contribution in [0.15, 0.2) is 70.9 Å². The van der Waals surface area contributed by atoms with Crippen LogP contribution in [-0.2, 0) is 19.1 Å². The molecule has 6 heteroatoms. The van der Waals surface area contributed by atoms with Gasteiger partial charge in [0.1, 0.15) is 5.92 Å². The first-order valence-corrected chi connectivity index (χ1v) is 11.2. The molecule has 32 heavy (non-hydrogen) atoms. The fourth-order valence-electron chi connectivity index (χ4n) is 4.67. The van der Waals surface area contributed by atoms with E-state index in [0.717, 1.165) is 12.0 Å². The second kappa shape index (κ2) is 9.29. The van der Waals surface area contributed by atoms with Crippen molar-refractivity contribution in [3.05, 3.63) is 82.0 Å². The summed E-state index contributed by atoms with van der Waals surface area (Å²) in [5.41, 5.74) is 3.75. The van der Waals surface area contributed by atoms with Crippen LogP contribution in [0.2, 0.25) is 5.02 Å². The van der Waals surface area contributed by atoms with Crippen molar-refractivity contribution in [1.82, 2.24) is 0 Å². The lowest BCUT2D eigenvalue weighted by atomic mass is 9.75. The monoisotopic (exact) mass is 451 g/mol. The second-order valence-electron chi connectivity index (χ2n) is 8.17.